The molecule has 24 heavy (non-hydrogen) atoms. The Morgan fingerprint density at radius 3 is 2.62 bits per heavy atom. The number of benzene rings is 2. The van der Waals surface area contributed by atoms with Crippen LogP contribution in [0.4, 0.5) is 4.39 Å². The van der Waals surface area contributed by atoms with E-state index in [4.69, 9.17) is 4.18 Å². The number of carbonyl (C=O) groups is 1. The highest BCUT2D eigenvalue weighted by Crippen LogP contribution is 2.31. The number of para-hydroxylation sites is 1. The Bertz CT molecular complexity index is 954. The summed E-state index contributed by atoms with van der Waals surface area (Å²) in [6, 6.07) is 14.0. The van der Waals surface area contributed by atoms with Crippen molar-refractivity contribution in [3.05, 3.63) is 75.8 Å². The number of carbonyl (C=O) groups excluding carboxylic acids is 1. The van der Waals surface area contributed by atoms with Gasteiger partial charge in [0.25, 0.3) is 5.56 Å². The Balaban J connectivity index is 2.01. The number of rotatable bonds is 5. The molecule has 0 unspecified atom stereocenters. The molecule has 0 bridgehead atoms. The Hall–Kier alpha value is -2.60. The van der Waals surface area contributed by atoms with Crippen molar-refractivity contribution in [1.29, 1.82) is 0 Å². The summed E-state index contributed by atoms with van der Waals surface area (Å²) in [5.41, 5.74) is 0.305. The zero-order valence-electron chi connectivity index (χ0n) is 12.8. The van der Waals surface area contributed by atoms with Crippen LogP contribution in [0.5, 0.6) is 5.75 Å². The van der Waals surface area contributed by atoms with Gasteiger partial charge in [0.1, 0.15) is 11.4 Å². The smallest absolute Gasteiger partial charge is 0.263 e. The summed E-state index contributed by atoms with van der Waals surface area (Å²) in [4.78, 5) is 26.4. The van der Waals surface area contributed by atoms with Crippen LogP contribution in [0.25, 0.3) is 10.9 Å². The van der Waals surface area contributed by atoms with E-state index < -0.39 is 17.2 Å². The maximum absolute atomic E-state index is 13.9. The van der Waals surface area contributed by atoms with Gasteiger partial charge in [0, 0.05) is 5.39 Å². The van der Waals surface area contributed by atoms with E-state index in [1.807, 2.05) is 30.3 Å². The fourth-order valence-electron chi connectivity index (χ4n) is 2.39. The molecule has 0 aliphatic rings. The molecule has 122 valence electrons. The number of nitrogens with one attached hydrogen (secondary N) is 1. The fourth-order valence-corrected chi connectivity index (χ4v) is 3.07. The fraction of sp³-hybridized carbons (Fsp3) is 0.111. The highest BCUT2D eigenvalue weighted by Gasteiger charge is 2.20. The number of ketones is 1. The quantitative estimate of drug-likeness (QED) is 0.560. The van der Waals surface area contributed by atoms with Gasteiger partial charge in [-0.25, -0.2) is 4.39 Å². The molecule has 0 saturated carbocycles. The molecule has 0 aliphatic carbocycles. The summed E-state index contributed by atoms with van der Waals surface area (Å²) >= 11 is 1.09. The van der Waals surface area contributed by atoms with Crippen LogP contribution >= 0.6 is 12.0 Å². The predicted octanol–water partition coefficient (Wildman–Crippen LogP) is 4.10. The third-order valence-corrected chi connectivity index (χ3v) is 4.25. The molecule has 0 aliphatic heterocycles. The van der Waals surface area contributed by atoms with Gasteiger partial charge < -0.3 is 9.17 Å². The van der Waals surface area contributed by atoms with Gasteiger partial charge in [-0.1, -0.05) is 36.4 Å². The number of pyridine rings is 1. The molecule has 0 saturated heterocycles. The zero-order valence-corrected chi connectivity index (χ0v) is 13.7. The van der Waals surface area contributed by atoms with Crippen molar-refractivity contribution in [3.8, 4) is 5.75 Å². The molecule has 2 aromatic carbocycles. The third kappa shape index (κ3) is 3.19. The van der Waals surface area contributed by atoms with Crippen LogP contribution in [0.3, 0.4) is 0 Å². The van der Waals surface area contributed by atoms with Gasteiger partial charge in [-0.3, -0.25) is 9.59 Å². The van der Waals surface area contributed by atoms with Crippen LogP contribution in [-0.4, -0.2) is 10.8 Å². The van der Waals surface area contributed by atoms with Gasteiger partial charge in [0.15, 0.2) is 11.5 Å². The van der Waals surface area contributed by atoms with Crippen molar-refractivity contribution >= 4 is 28.7 Å². The van der Waals surface area contributed by atoms with Crippen LogP contribution in [0.1, 0.15) is 22.8 Å². The summed E-state index contributed by atoms with van der Waals surface area (Å²) < 4.78 is 19.6. The molecule has 0 spiro atoms. The largest absolute Gasteiger partial charge is 0.424 e. The van der Waals surface area contributed by atoms with Gasteiger partial charge in [0.05, 0.1) is 23.3 Å². The summed E-state index contributed by atoms with van der Waals surface area (Å²) in [6.45, 7) is 1.28. The first kappa shape index (κ1) is 16.3. The predicted molar refractivity (Wildman–Crippen MR) is 92.9 cm³/mol. The van der Waals surface area contributed by atoms with E-state index in [9.17, 15) is 14.0 Å². The first-order chi connectivity index (χ1) is 11.6. The van der Waals surface area contributed by atoms with Crippen molar-refractivity contribution in [1.82, 2.24) is 4.98 Å². The van der Waals surface area contributed by atoms with Crippen molar-refractivity contribution in [2.75, 3.05) is 0 Å². The number of hydrogen-bond donors (Lipinski definition) is 1. The van der Waals surface area contributed by atoms with E-state index in [0.29, 0.717) is 11.1 Å². The summed E-state index contributed by atoms with van der Waals surface area (Å²) in [5, 5.41) is 0.361. The van der Waals surface area contributed by atoms with E-state index in [0.717, 1.165) is 17.6 Å². The third-order valence-electron chi connectivity index (χ3n) is 3.51. The second-order valence-corrected chi connectivity index (χ2v) is 5.90. The Morgan fingerprint density at radius 2 is 1.92 bits per heavy atom. The zero-order chi connectivity index (χ0) is 17.1. The number of hydrogen-bond acceptors (Lipinski definition) is 4. The van der Waals surface area contributed by atoms with Crippen LogP contribution < -0.4 is 9.74 Å². The van der Waals surface area contributed by atoms with Crippen LogP contribution in [0.2, 0.25) is 0 Å². The molecule has 0 radical (unpaired) electrons. The number of aromatic nitrogens is 1. The van der Waals surface area contributed by atoms with Crippen LogP contribution in [0.15, 0.2) is 53.3 Å². The standard InChI is InChI=1S/C18H14FNO3S/c1-11(21)15-17(23-24-10-12-6-3-2-4-7-12)13-8-5-9-14(19)16(13)20-18(15)22/h2-9H,10H2,1H3,(H,20,22). The molecular weight excluding hydrogens is 329 g/mol. The number of H-pyrrole nitrogens is 1. The molecule has 1 heterocycles. The molecular formula is C18H14FNO3S. The van der Waals surface area contributed by atoms with E-state index in [1.54, 1.807) is 6.07 Å². The molecule has 0 fully saturated rings. The molecule has 1 aromatic heterocycles. The maximum Gasteiger partial charge on any atom is 0.263 e. The normalized spacial score (nSPS) is 10.8. The average molecular weight is 343 g/mol. The number of Topliss-reactive ketones (excluding diaryl/α,β-unsaturated/α-hetero) is 1. The first-order valence-electron chi connectivity index (χ1n) is 7.26. The number of halogens is 1. The maximum atomic E-state index is 13.9. The SMILES string of the molecule is CC(=O)c1c(OSCc2ccccc2)c2cccc(F)c2[nH]c1=O. The minimum atomic E-state index is -0.657. The van der Waals surface area contributed by atoms with E-state index in [1.165, 1.54) is 19.1 Å². The Labute approximate surface area is 141 Å². The average Bonchev–Trinajstić information content (AvgIpc) is 2.56. The van der Waals surface area contributed by atoms with E-state index >= 15 is 0 Å². The molecule has 0 atom stereocenters. The lowest BCUT2D eigenvalue weighted by atomic mass is 10.1. The first-order valence-corrected chi connectivity index (χ1v) is 8.18. The van der Waals surface area contributed by atoms with Gasteiger partial charge in [-0.15, -0.1) is 0 Å². The lowest BCUT2D eigenvalue weighted by molar-refractivity contribution is 0.101. The summed E-state index contributed by atoms with van der Waals surface area (Å²) in [5.74, 6) is -0.376. The Morgan fingerprint density at radius 1 is 1.17 bits per heavy atom. The molecule has 1 N–H and O–H groups in total. The van der Waals surface area contributed by atoms with E-state index in [2.05, 4.69) is 4.98 Å². The second-order valence-electron chi connectivity index (χ2n) is 5.21. The molecule has 4 nitrogen and oxygen atoms in total. The minimum Gasteiger partial charge on any atom is -0.424 e. The molecule has 3 rings (SSSR count). The monoisotopic (exact) mass is 343 g/mol. The Kier molecular flexibility index (Phi) is 4.66. The van der Waals surface area contributed by atoms with Gasteiger partial charge >= 0.3 is 0 Å². The molecule has 0 amide bonds. The van der Waals surface area contributed by atoms with Crippen LogP contribution in [-0.2, 0) is 5.75 Å². The lowest BCUT2D eigenvalue weighted by Crippen LogP contribution is -2.18. The highest BCUT2D eigenvalue weighted by molar-refractivity contribution is 7.94. The topological polar surface area (TPSA) is 59.2 Å². The highest BCUT2D eigenvalue weighted by atomic mass is 32.2. The lowest BCUT2D eigenvalue weighted by Gasteiger charge is -2.11. The summed E-state index contributed by atoms with van der Waals surface area (Å²) in [6.07, 6.45) is 0. The summed E-state index contributed by atoms with van der Waals surface area (Å²) in [7, 11) is 0. The van der Waals surface area contributed by atoms with E-state index in [-0.39, 0.29) is 16.8 Å². The van der Waals surface area contributed by atoms with Gasteiger partial charge in [-0.05, 0) is 24.6 Å². The minimum absolute atomic E-state index is 0.0304. The van der Waals surface area contributed by atoms with Gasteiger partial charge in [0.2, 0.25) is 0 Å². The van der Waals surface area contributed by atoms with Gasteiger partial charge in [-0.2, -0.15) is 0 Å². The number of fused-ring (bicyclic) bond motifs is 1. The van der Waals surface area contributed by atoms with Crippen molar-refractivity contribution in [3.63, 3.8) is 0 Å². The van der Waals surface area contributed by atoms with Crippen molar-refractivity contribution in [2.45, 2.75) is 12.7 Å². The van der Waals surface area contributed by atoms with Crippen molar-refractivity contribution in [2.24, 2.45) is 0 Å². The molecule has 6 heteroatoms. The van der Waals surface area contributed by atoms with Crippen molar-refractivity contribution < 1.29 is 13.4 Å². The molecule has 3 aromatic rings. The second kappa shape index (κ2) is 6.88. The number of aromatic amines is 1. The van der Waals surface area contributed by atoms with Crippen LogP contribution in [0, 0.1) is 5.82 Å².